The number of nitrogens with zero attached hydrogens (tertiary/aromatic N) is 3. The van der Waals surface area contributed by atoms with Gasteiger partial charge in [0.1, 0.15) is 19.2 Å². The number of ether oxygens (including phenoxy) is 3. The van der Waals surface area contributed by atoms with E-state index in [2.05, 4.69) is 21.9 Å². The smallest absolute Gasteiger partial charge is 0.280 e. The number of hydrogen-bond acceptors (Lipinski definition) is 8. The Morgan fingerprint density at radius 1 is 0.851 bits per heavy atom. The minimum atomic E-state index is -3.16. The summed E-state index contributed by atoms with van der Waals surface area (Å²) in [6.07, 6.45) is 22.0. The number of benzene rings is 1. The summed E-state index contributed by atoms with van der Waals surface area (Å²) in [5.41, 5.74) is 6.50. The quantitative estimate of drug-likeness (QED) is 0.0578. The number of H-pyrrole nitrogens is 1. The van der Waals surface area contributed by atoms with Crippen LogP contribution in [0.2, 0.25) is 0 Å². The average Bonchev–Trinajstić information content (AvgIpc) is 3.50. The van der Waals surface area contributed by atoms with Crippen LogP contribution in [0, 0.1) is 0 Å². The van der Waals surface area contributed by atoms with Crippen LogP contribution in [0.15, 0.2) is 35.4 Å². The Bertz CT molecular complexity index is 1400. The zero-order valence-corrected chi connectivity index (χ0v) is 29.8. The lowest BCUT2D eigenvalue weighted by molar-refractivity contribution is 0.140. The molecule has 0 aliphatic rings. The molecule has 2 aromatic heterocycles. The first kappa shape index (κ1) is 37.1. The van der Waals surface area contributed by atoms with Crippen LogP contribution in [0.25, 0.3) is 11.2 Å². The maximum atomic E-state index is 14.2. The summed E-state index contributed by atoms with van der Waals surface area (Å²) in [5.74, 6) is 0.690. The monoisotopic (exact) mass is 674 g/mol. The van der Waals surface area contributed by atoms with Crippen LogP contribution in [0.3, 0.4) is 0 Å². The summed E-state index contributed by atoms with van der Waals surface area (Å²) >= 11 is 0. The summed E-state index contributed by atoms with van der Waals surface area (Å²) in [6.45, 7) is 3.78. The first-order valence-corrected chi connectivity index (χ1v) is 20.0. The van der Waals surface area contributed by atoms with Crippen molar-refractivity contribution in [2.24, 2.45) is 0 Å². The molecule has 2 atom stereocenters. The normalized spacial score (nSPS) is 13.9. The highest BCUT2D eigenvalue weighted by Gasteiger charge is 2.23. The van der Waals surface area contributed by atoms with Crippen molar-refractivity contribution in [3.63, 3.8) is 0 Å². The maximum absolute atomic E-state index is 14.2. The van der Waals surface area contributed by atoms with Gasteiger partial charge in [0.05, 0.1) is 26.7 Å². The molecule has 3 N–H and O–H groups in total. The predicted octanol–water partition coefficient (Wildman–Crippen LogP) is 8.53. The van der Waals surface area contributed by atoms with Crippen LogP contribution in [0.5, 0.6) is 5.75 Å². The van der Waals surface area contributed by atoms with Gasteiger partial charge in [-0.1, -0.05) is 115 Å². The van der Waals surface area contributed by atoms with Crippen LogP contribution in [-0.4, -0.2) is 59.0 Å². The zero-order chi connectivity index (χ0) is 34.5. The number of methoxy groups -OCH3 is 1. The van der Waals surface area contributed by atoms with Crippen LogP contribution < -0.4 is 16.0 Å². The lowest BCUT2D eigenvalue weighted by atomic mass is 10.0. The number of nitrogens with one attached hydrogen (secondary N) is 1. The number of unbranched alkanes of at least 4 members (excludes halogenated alkanes) is 15. The highest BCUT2D eigenvalue weighted by Crippen LogP contribution is 2.49. The summed E-state index contributed by atoms with van der Waals surface area (Å²) in [5, 5.41) is 0. The second kappa shape index (κ2) is 22.8. The Kier molecular flexibility index (Phi) is 18.0. The second-order valence-electron chi connectivity index (χ2n) is 12.6. The van der Waals surface area contributed by atoms with Crippen LogP contribution in [0.1, 0.15) is 117 Å². The molecule has 0 bridgehead atoms. The number of anilines is 1. The van der Waals surface area contributed by atoms with Crippen molar-refractivity contribution in [3.8, 4) is 5.75 Å². The highest BCUT2D eigenvalue weighted by atomic mass is 31.2. The average molecular weight is 675 g/mol. The molecule has 0 saturated heterocycles. The van der Waals surface area contributed by atoms with Crippen LogP contribution in [0.4, 0.5) is 5.95 Å². The molecule has 0 amide bonds. The standard InChI is InChI=1S/C36H60N5O5P/c1-3-4-5-6-7-8-9-10-11-12-13-14-15-16-17-18-24-45-26-27-47(43,28-31-19-21-32(44-2)22-20-31)30-46-25-23-41-29-38-33-34(41)39-36(37)40-35(33)42/h19-22,29H,3-18,23-28,30H2,1-2H3,(H3,37,39,40,42)/i28D. The van der Waals surface area contributed by atoms with E-state index in [1.54, 1.807) is 35.9 Å². The Labute approximate surface area is 283 Å². The third-order valence-corrected chi connectivity index (χ3v) is 10.9. The van der Waals surface area contributed by atoms with Gasteiger partial charge in [0.15, 0.2) is 11.2 Å². The number of imidazole rings is 1. The molecule has 264 valence electrons. The number of hydrogen-bond donors (Lipinski definition) is 2. The summed E-state index contributed by atoms with van der Waals surface area (Å²) in [6, 6.07) is 7.12. The van der Waals surface area contributed by atoms with E-state index >= 15 is 0 Å². The molecule has 3 aromatic rings. The fourth-order valence-corrected chi connectivity index (χ4v) is 7.64. The van der Waals surface area contributed by atoms with Gasteiger partial charge < -0.3 is 29.1 Å². The number of fused-ring (bicyclic) bond motifs is 1. The SMILES string of the molecule is [2H]C(c1ccc(OC)cc1)P(=O)(CCOCCCCCCCCCCCCCCCCCC)COCCn1cnc2c(=O)[nH]c(N)nc21. The minimum Gasteiger partial charge on any atom is -0.497 e. The van der Waals surface area contributed by atoms with E-state index in [4.69, 9.17) is 21.3 Å². The number of rotatable bonds is 28. The van der Waals surface area contributed by atoms with Gasteiger partial charge in [-0.05, 0) is 24.1 Å². The van der Waals surface area contributed by atoms with Crippen molar-refractivity contribution in [1.82, 2.24) is 19.5 Å². The summed E-state index contributed by atoms with van der Waals surface area (Å²) in [4.78, 5) is 22.8. The third-order valence-electron chi connectivity index (χ3n) is 8.54. The molecule has 0 fully saturated rings. The minimum absolute atomic E-state index is 0.01000. The van der Waals surface area contributed by atoms with Gasteiger partial charge in [-0.2, -0.15) is 4.98 Å². The van der Waals surface area contributed by atoms with Crippen molar-refractivity contribution in [1.29, 1.82) is 0 Å². The second-order valence-corrected chi connectivity index (χ2v) is 15.5. The van der Waals surface area contributed by atoms with E-state index in [0.29, 0.717) is 36.7 Å². The first-order valence-electron chi connectivity index (χ1n) is 18.5. The van der Waals surface area contributed by atoms with Gasteiger partial charge >= 0.3 is 0 Å². The van der Waals surface area contributed by atoms with Crippen LogP contribution in [-0.2, 0) is 26.7 Å². The molecule has 0 spiro atoms. The fraction of sp³-hybridized carbons (Fsp3) is 0.694. The Morgan fingerprint density at radius 3 is 2.04 bits per heavy atom. The van der Waals surface area contributed by atoms with Gasteiger partial charge in [0.2, 0.25) is 5.95 Å². The van der Waals surface area contributed by atoms with E-state index in [1.165, 1.54) is 96.2 Å². The van der Waals surface area contributed by atoms with Crippen LogP contribution >= 0.6 is 7.14 Å². The molecular formula is C36H60N5O5P. The molecule has 0 radical (unpaired) electrons. The van der Waals surface area contributed by atoms with Gasteiger partial charge in [0.25, 0.3) is 5.56 Å². The van der Waals surface area contributed by atoms with Crippen molar-refractivity contribution < 1.29 is 20.1 Å². The van der Waals surface area contributed by atoms with Crippen molar-refractivity contribution >= 4 is 24.3 Å². The predicted molar refractivity (Wildman–Crippen MR) is 193 cm³/mol. The largest absolute Gasteiger partial charge is 0.497 e. The molecule has 2 heterocycles. The lowest BCUT2D eigenvalue weighted by Gasteiger charge is -2.19. The molecular weight excluding hydrogens is 613 g/mol. The number of nitrogens with two attached hydrogens (primary N) is 1. The molecule has 0 saturated carbocycles. The van der Waals surface area contributed by atoms with Gasteiger partial charge in [-0.25, -0.2) is 4.98 Å². The zero-order valence-electron chi connectivity index (χ0n) is 29.9. The Morgan fingerprint density at radius 2 is 1.45 bits per heavy atom. The van der Waals surface area contributed by atoms with E-state index in [9.17, 15) is 9.36 Å². The maximum Gasteiger partial charge on any atom is 0.280 e. The third kappa shape index (κ3) is 15.4. The van der Waals surface area contributed by atoms with Gasteiger partial charge in [-0.15, -0.1) is 0 Å². The fourth-order valence-electron chi connectivity index (χ4n) is 5.72. The van der Waals surface area contributed by atoms with Gasteiger partial charge in [0, 0.05) is 26.8 Å². The molecule has 0 aliphatic heterocycles. The Hall–Kier alpha value is -2.68. The number of aromatic amines is 1. The molecule has 0 aliphatic carbocycles. The number of aromatic nitrogens is 4. The molecule has 2 unspecified atom stereocenters. The van der Waals surface area contributed by atoms with E-state index in [1.807, 2.05) is 0 Å². The van der Waals surface area contributed by atoms with Crippen molar-refractivity contribution in [2.45, 2.75) is 122 Å². The van der Waals surface area contributed by atoms with Crippen molar-refractivity contribution in [2.75, 3.05) is 45.2 Å². The lowest BCUT2D eigenvalue weighted by Crippen LogP contribution is -2.14. The summed E-state index contributed by atoms with van der Waals surface area (Å²) < 4.78 is 41.9. The van der Waals surface area contributed by atoms with Crippen molar-refractivity contribution in [3.05, 3.63) is 46.5 Å². The molecule has 1 aromatic carbocycles. The molecule has 47 heavy (non-hydrogen) atoms. The molecule has 3 rings (SSSR count). The van der Waals surface area contributed by atoms with E-state index in [-0.39, 0.29) is 30.6 Å². The number of nitrogen functional groups attached to an aromatic ring is 1. The molecule has 10 nitrogen and oxygen atoms in total. The first-order chi connectivity index (χ1) is 23.4. The van der Waals surface area contributed by atoms with Gasteiger partial charge in [-0.3, -0.25) is 9.78 Å². The summed E-state index contributed by atoms with van der Waals surface area (Å²) in [7, 11) is -1.57. The molecule has 11 heteroatoms. The topological polar surface area (TPSA) is 134 Å². The van der Waals surface area contributed by atoms with E-state index < -0.39 is 18.8 Å². The van der Waals surface area contributed by atoms with E-state index in [0.717, 1.165) is 12.8 Å². The Balaban J connectivity index is 1.33. The highest BCUT2D eigenvalue weighted by molar-refractivity contribution is 7.63.